The van der Waals surface area contributed by atoms with Gasteiger partial charge in [-0.3, -0.25) is 4.98 Å². The maximum atomic E-state index is 4.39. The predicted molar refractivity (Wildman–Crippen MR) is 59.3 cm³/mol. The lowest BCUT2D eigenvalue weighted by Gasteiger charge is -2.16. The van der Waals surface area contributed by atoms with Crippen molar-refractivity contribution in [3.8, 4) is 0 Å². The van der Waals surface area contributed by atoms with E-state index in [1.165, 1.54) is 5.56 Å². The van der Waals surface area contributed by atoms with E-state index < -0.39 is 0 Å². The highest BCUT2D eigenvalue weighted by molar-refractivity contribution is 5.78. The van der Waals surface area contributed by atoms with Crippen molar-refractivity contribution in [2.24, 2.45) is 5.41 Å². The highest BCUT2D eigenvalue weighted by atomic mass is 14.8. The summed E-state index contributed by atoms with van der Waals surface area (Å²) in [5.74, 6) is 0. The number of pyridine rings is 1. The molecule has 0 radical (unpaired) electrons. The molecule has 2 aromatic rings. The third-order valence-corrected chi connectivity index (χ3v) is 2.23. The summed E-state index contributed by atoms with van der Waals surface area (Å²) in [6, 6.07) is 4.02. The molecule has 0 aliphatic heterocycles. The second-order valence-electron chi connectivity index (χ2n) is 4.95. The summed E-state index contributed by atoms with van der Waals surface area (Å²) in [7, 11) is 0. The minimum atomic E-state index is 0.312. The average Bonchev–Trinajstić information content (AvgIpc) is 2.47. The summed E-state index contributed by atoms with van der Waals surface area (Å²) in [6.45, 7) is 6.73. The molecule has 0 aliphatic rings. The second-order valence-corrected chi connectivity index (χ2v) is 4.95. The zero-order valence-corrected chi connectivity index (χ0v) is 8.96. The van der Waals surface area contributed by atoms with E-state index in [1.807, 2.05) is 12.3 Å². The Balaban J connectivity index is 2.44. The van der Waals surface area contributed by atoms with Crippen LogP contribution in [0.25, 0.3) is 11.0 Å². The van der Waals surface area contributed by atoms with Gasteiger partial charge in [0.1, 0.15) is 0 Å². The van der Waals surface area contributed by atoms with E-state index in [9.17, 15) is 0 Å². The molecule has 0 amide bonds. The fourth-order valence-electron chi connectivity index (χ4n) is 1.72. The molecule has 0 atom stereocenters. The van der Waals surface area contributed by atoms with Crippen molar-refractivity contribution in [3.05, 3.63) is 30.1 Å². The third kappa shape index (κ3) is 1.79. The normalized spacial score (nSPS) is 12.2. The van der Waals surface area contributed by atoms with Gasteiger partial charge in [-0.15, -0.1) is 0 Å². The smallest absolute Gasteiger partial charge is 0.0910 e. The zero-order valence-electron chi connectivity index (χ0n) is 8.96. The first-order valence-corrected chi connectivity index (χ1v) is 4.97. The van der Waals surface area contributed by atoms with Gasteiger partial charge in [0, 0.05) is 12.4 Å². The largest absolute Gasteiger partial charge is 0.360 e. The molecule has 2 heteroatoms. The summed E-state index contributed by atoms with van der Waals surface area (Å²) in [5.41, 5.74) is 3.87. The molecule has 0 saturated heterocycles. The number of hydrogen-bond donors (Lipinski definition) is 1. The lowest BCUT2D eigenvalue weighted by Crippen LogP contribution is -2.08. The highest BCUT2D eigenvalue weighted by Gasteiger charge is 2.14. The van der Waals surface area contributed by atoms with Gasteiger partial charge < -0.3 is 4.98 Å². The van der Waals surface area contributed by atoms with Crippen molar-refractivity contribution in [2.75, 3.05) is 0 Å². The fourth-order valence-corrected chi connectivity index (χ4v) is 1.72. The van der Waals surface area contributed by atoms with Crippen LogP contribution in [0.1, 0.15) is 26.3 Å². The topological polar surface area (TPSA) is 28.7 Å². The molecule has 0 bridgehead atoms. The van der Waals surface area contributed by atoms with Crippen molar-refractivity contribution in [1.29, 1.82) is 0 Å². The Kier molecular flexibility index (Phi) is 2.06. The minimum Gasteiger partial charge on any atom is -0.360 e. The summed E-state index contributed by atoms with van der Waals surface area (Å²) in [5, 5.41) is 0. The lowest BCUT2D eigenvalue weighted by molar-refractivity contribution is 0.412. The van der Waals surface area contributed by atoms with Crippen LogP contribution in [0, 0.1) is 5.41 Å². The zero-order chi connectivity index (χ0) is 10.2. The Labute approximate surface area is 84.4 Å². The van der Waals surface area contributed by atoms with Gasteiger partial charge in [-0.05, 0) is 29.5 Å². The Bertz CT molecular complexity index is 435. The van der Waals surface area contributed by atoms with Gasteiger partial charge in [-0.1, -0.05) is 20.8 Å². The number of hydrogen-bond acceptors (Lipinski definition) is 1. The summed E-state index contributed by atoms with van der Waals surface area (Å²) >= 11 is 0. The molecule has 2 rings (SSSR count). The van der Waals surface area contributed by atoms with E-state index >= 15 is 0 Å². The van der Waals surface area contributed by atoms with Gasteiger partial charge in [0.25, 0.3) is 0 Å². The Morgan fingerprint density at radius 2 is 2.14 bits per heavy atom. The van der Waals surface area contributed by atoms with Crippen LogP contribution in [-0.2, 0) is 6.42 Å². The van der Waals surface area contributed by atoms with E-state index in [0.717, 1.165) is 17.5 Å². The maximum absolute atomic E-state index is 4.39. The Morgan fingerprint density at radius 3 is 2.86 bits per heavy atom. The molecule has 0 saturated carbocycles. The van der Waals surface area contributed by atoms with Crippen molar-refractivity contribution in [1.82, 2.24) is 9.97 Å². The van der Waals surface area contributed by atoms with Crippen molar-refractivity contribution in [2.45, 2.75) is 27.2 Å². The van der Waals surface area contributed by atoms with Gasteiger partial charge in [0.05, 0.1) is 11.0 Å². The number of nitrogens with zero attached hydrogens (tertiary/aromatic N) is 1. The van der Waals surface area contributed by atoms with E-state index in [0.29, 0.717) is 5.41 Å². The Hall–Kier alpha value is -1.31. The SMILES string of the molecule is CC(C)(C)Cc1c[nH]c2cccnc12. The van der Waals surface area contributed by atoms with E-state index in [2.05, 4.69) is 43.0 Å². The third-order valence-electron chi connectivity index (χ3n) is 2.23. The minimum absolute atomic E-state index is 0.312. The summed E-state index contributed by atoms with van der Waals surface area (Å²) in [6.07, 6.45) is 4.98. The Morgan fingerprint density at radius 1 is 1.36 bits per heavy atom. The number of fused-ring (bicyclic) bond motifs is 1. The van der Waals surface area contributed by atoms with Crippen LogP contribution in [0.15, 0.2) is 24.5 Å². The summed E-state index contributed by atoms with van der Waals surface area (Å²) < 4.78 is 0. The molecule has 0 spiro atoms. The second kappa shape index (κ2) is 3.12. The number of aromatic amines is 1. The number of H-pyrrole nitrogens is 1. The summed E-state index contributed by atoms with van der Waals surface area (Å²) in [4.78, 5) is 7.64. The van der Waals surface area contributed by atoms with Gasteiger partial charge in [-0.2, -0.15) is 0 Å². The van der Waals surface area contributed by atoms with Crippen LogP contribution < -0.4 is 0 Å². The quantitative estimate of drug-likeness (QED) is 0.731. The first kappa shape index (κ1) is 9.25. The van der Waals surface area contributed by atoms with Crippen LogP contribution in [0.3, 0.4) is 0 Å². The highest BCUT2D eigenvalue weighted by Crippen LogP contribution is 2.24. The van der Waals surface area contributed by atoms with Crippen molar-refractivity contribution in [3.63, 3.8) is 0 Å². The first-order valence-electron chi connectivity index (χ1n) is 4.97. The molecule has 2 nitrogen and oxygen atoms in total. The molecule has 0 fully saturated rings. The van der Waals surface area contributed by atoms with Gasteiger partial charge in [0.2, 0.25) is 0 Å². The molecule has 0 aromatic carbocycles. The average molecular weight is 188 g/mol. The van der Waals surface area contributed by atoms with Crippen LogP contribution in [0.4, 0.5) is 0 Å². The molecular formula is C12H16N2. The molecule has 0 unspecified atom stereocenters. The lowest BCUT2D eigenvalue weighted by atomic mass is 9.89. The maximum Gasteiger partial charge on any atom is 0.0910 e. The molecule has 2 heterocycles. The molecule has 74 valence electrons. The monoisotopic (exact) mass is 188 g/mol. The van der Waals surface area contributed by atoms with Crippen LogP contribution in [0.2, 0.25) is 0 Å². The van der Waals surface area contributed by atoms with Crippen molar-refractivity contribution < 1.29 is 0 Å². The van der Waals surface area contributed by atoms with Crippen LogP contribution in [0.5, 0.6) is 0 Å². The number of aromatic nitrogens is 2. The van der Waals surface area contributed by atoms with E-state index in [4.69, 9.17) is 0 Å². The van der Waals surface area contributed by atoms with Crippen LogP contribution >= 0.6 is 0 Å². The predicted octanol–water partition coefficient (Wildman–Crippen LogP) is 3.15. The molecular weight excluding hydrogens is 172 g/mol. The van der Waals surface area contributed by atoms with E-state index in [-0.39, 0.29) is 0 Å². The standard InChI is InChI=1S/C12H16N2/c1-12(2,3)7-9-8-14-10-5-4-6-13-11(9)10/h4-6,8,14H,7H2,1-3H3. The molecule has 1 N–H and O–H groups in total. The van der Waals surface area contributed by atoms with E-state index in [1.54, 1.807) is 0 Å². The number of rotatable bonds is 1. The number of nitrogens with one attached hydrogen (secondary N) is 1. The molecule has 2 aromatic heterocycles. The van der Waals surface area contributed by atoms with Gasteiger partial charge >= 0.3 is 0 Å². The molecule has 14 heavy (non-hydrogen) atoms. The van der Waals surface area contributed by atoms with Gasteiger partial charge in [-0.25, -0.2) is 0 Å². The fraction of sp³-hybridized carbons (Fsp3) is 0.417. The van der Waals surface area contributed by atoms with Crippen molar-refractivity contribution >= 4 is 11.0 Å². The molecule has 0 aliphatic carbocycles. The van der Waals surface area contributed by atoms with Gasteiger partial charge in [0.15, 0.2) is 0 Å². The first-order chi connectivity index (χ1) is 6.56. The van der Waals surface area contributed by atoms with Crippen LogP contribution in [-0.4, -0.2) is 9.97 Å².